The molecule has 1 unspecified atom stereocenters. The van der Waals surface area contributed by atoms with Gasteiger partial charge in [-0.3, -0.25) is 14.3 Å². The Labute approximate surface area is 216 Å². The van der Waals surface area contributed by atoms with E-state index in [1.807, 2.05) is 4.72 Å². The van der Waals surface area contributed by atoms with Gasteiger partial charge in [0.05, 0.1) is 30.1 Å². The lowest BCUT2D eigenvalue weighted by Gasteiger charge is -2.37. The fourth-order valence-corrected chi connectivity index (χ4v) is 5.01. The summed E-state index contributed by atoms with van der Waals surface area (Å²) < 4.78 is 48.1. The van der Waals surface area contributed by atoms with Gasteiger partial charge in [-0.1, -0.05) is 32.3 Å². The van der Waals surface area contributed by atoms with Crippen LogP contribution in [-0.2, 0) is 25.2 Å². The second-order valence-corrected chi connectivity index (χ2v) is 11.7. The molecular weight excluding hydrogens is 499 g/mol. The number of ether oxygens (including phenoxy) is 1. The third-order valence-corrected chi connectivity index (χ3v) is 7.15. The van der Waals surface area contributed by atoms with Crippen molar-refractivity contribution in [2.24, 2.45) is 0 Å². The van der Waals surface area contributed by atoms with Gasteiger partial charge in [-0.2, -0.15) is 5.10 Å². The molecule has 11 heteroatoms. The maximum atomic E-state index is 15.3. The summed E-state index contributed by atoms with van der Waals surface area (Å²) in [5.41, 5.74) is -0.715. The lowest BCUT2D eigenvalue weighted by Crippen LogP contribution is -2.51. The maximum Gasteiger partial charge on any atom is 0.270 e. The SMILES string of the molecule is CCCCCCOc1ccc(C2(C)CC(c3ccn(C4CC4)n3)=C(C(=O)NS(C)(=O)=O)C(=O)N2)c(F)c1. The number of benzene rings is 1. The minimum atomic E-state index is -3.92. The van der Waals surface area contributed by atoms with Crippen molar-refractivity contribution in [1.29, 1.82) is 0 Å². The van der Waals surface area contributed by atoms with E-state index < -0.39 is 33.2 Å². The second kappa shape index (κ2) is 10.6. The third-order valence-electron chi connectivity index (χ3n) is 6.59. The molecule has 2 aliphatic rings. The van der Waals surface area contributed by atoms with E-state index in [9.17, 15) is 18.0 Å². The molecule has 1 fully saturated rings. The maximum absolute atomic E-state index is 15.3. The highest BCUT2D eigenvalue weighted by molar-refractivity contribution is 7.89. The van der Waals surface area contributed by atoms with Crippen LogP contribution in [0.1, 0.15) is 76.1 Å². The molecule has 37 heavy (non-hydrogen) atoms. The molecule has 2 N–H and O–H groups in total. The molecule has 4 rings (SSSR count). The summed E-state index contributed by atoms with van der Waals surface area (Å²) in [5.74, 6) is -2.01. The quantitative estimate of drug-likeness (QED) is 0.337. The van der Waals surface area contributed by atoms with Gasteiger partial charge in [-0.05, 0) is 38.3 Å². The molecule has 2 amide bonds. The predicted octanol–water partition coefficient (Wildman–Crippen LogP) is 3.58. The average Bonchev–Trinajstić information content (AvgIpc) is 3.53. The first-order valence-electron chi connectivity index (χ1n) is 12.6. The number of carbonyl (C=O) groups excluding carboxylic acids is 2. The highest BCUT2D eigenvalue weighted by Crippen LogP contribution is 2.41. The molecule has 1 aliphatic heterocycles. The molecule has 9 nitrogen and oxygen atoms in total. The van der Waals surface area contributed by atoms with Crippen molar-refractivity contribution in [1.82, 2.24) is 19.8 Å². The van der Waals surface area contributed by atoms with Crippen molar-refractivity contribution < 1.29 is 27.1 Å². The molecule has 0 bridgehead atoms. The standard InChI is InChI=1S/C26H33FN4O5S/c1-4-5-6-7-14-36-18-10-11-20(21(27)15-18)26(2)16-19(22-12-13-31(29-22)17-8-9-17)23(24(32)28-26)25(33)30-37(3,34)35/h10-13,15,17H,4-9,14,16H2,1-3H3,(H,28,32)(H,30,33). The van der Waals surface area contributed by atoms with Gasteiger partial charge in [0.1, 0.15) is 17.1 Å². The van der Waals surface area contributed by atoms with Crippen LogP contribution in [0.15, 0.2) is 36.0 Å². The van der Waals surface area contributed by atoms with Crippen LogP contribution >= 0.6 is 0 Å². The number of carbonyl (C=O) groups is 2. The first-order valence-corrected chi connectivity index (χ1v) is 14.5. The number of aromatic nitrogens is 2. The van der Waals surface area contributed by atoms with E-state index in [1.54, 1.807) is 36.0 Å². The molecular formula is C26H33FN4O5S. The van der Waals surface area contributed by atoms with Crippen LogP contribution in [0.2, 0.25) is 0 Å². The molecule has 1 aliphatic carbocycles. The van der Waals surface area contributed by atoms with Crippen LogP contribution < -0.4 is 14.8 Å². The number of nitrogens with zero attached hydrogens (tertiary/aromatic N) is 2. The zero-order chi connectivity index (χ0) is 26.8. The Bertz CT molecular complexity index is 1330. The van der Waals surface area contributed by atoms with E-state index >= 15 is 4.39 Å². The molecule has 2 heterocycles. The molecule has 2 aromatic rings. The summed E-state index contributed by atoms with van der Waals surface area (Å²) in [4.78, 5) is 26.1. The molecule has 200 valence electrons. The molecule has 1 atom stereocenters. The molecule has 1 saturated carbocycles. The molecule has 0 saturated heterocycles. The highest BCUT2D eigenvalue weighted by atomic mass is 32.2. The zero-order valence-electron chi connectivity index (χ0n) is 21.3. The monoisotopic (exact) mass is 532 g/mol. The summed E-state index contributed by atoms with van der Waals surface area (Å²) in [6.45, 7) is 4.28. The van der Waals surface area contributed by atoms with Gasteiger partial charge in [0, 0.05) is 29.8 Å². The van der Waals surface area contributed by atoms with Crippen molar-refractivity contribution in [3.05, 3.63) is 53.1 Å². The third kappa shape index (κ3) is 6.38. The van der Waals surface area contributed by atoms with Crippen LogP contribution in [0.3, 0.4) is 0 Å². The van der Waals surface area contributed by atoms with Crippen molar-refractivity contribution in [2.45, 2.75) is 70.4 Å². The van der Waals surface area contributed by atoms with Crippen LogP contribution in [0.5, 0.6) is 5.75 Å². The van der Waals surface area contributed by atoms with Crippen LogP contribution in [0, 0.1) is 5.82 Å². The summed E-state index contributed by atoms with van der Waals surface area (Å²) in [7, 11) is -3.92. The van der Waals surface area contributed by atoms with Gasteiger partial charge >= 0.3 is 0 Å². The molecule has 1 aromatic heterocycles. The Morgan fingerprint density at radius 2 is 2.03 bits per heavy atom. The van der Waals surface area contributed by atoms with Crippen molar-refractivity contribution in [3.63, 3.8) is 0 Å². The van der Waals surface area contributed by atoms with Crippen molar-refractivity contribution in [3.8, 4) is 5.75 Å². The summed E-state index contributed by atoms with van der Waals surface area (Å²) in [6.07, 6.45) is 8.75. The van der Waals surface area contributed by atoms with Crippen molar-refractivity contribution >= 4 is 27.4 Å². The molecule has 0 spiro atoms. The number of rotatable bonds is 11. The smallest absolute Gasteiger partial charge is 0.270 e. The Morgan fingerprint density at radius 1 is 1.27 bits per heavy atom. The van der Waals surface area contributed by atoms with Crippen LogP contribution in [-0.4, -0.2) is 42.9 Å². The van der Waals surface area contributed by atoms with E-state index in [-0.39, 0.29) is 29.2 Å². The number of hydrogen-bond donors (Lipinski definition) is 2. The van der Waals surface area contributed by atoms with Gasteiger partial charge in [0.25, 0.3) is 11.8 Å². The first kappa shape index (κ1) is 26.8. The van der Waals surface area contributed by atoms with E-state index in [4.69, 9.17) is 4.74 Å². The van der Waals surface area contributed by atoms with Gasteiger partial charge in [-0.25, -0.2) is 17.5 Å². The number of nitrogens with one attached hydrogen (secondary N) is 2. The van der Waals surface area contributed by atoms with E-state index in [2.05, 4.69) is 17.3 Å². The van der Waals surface area contributed by atoms with Crippen molar-refractivity contribution in [2.75, 3.05) is 12.9 Å². The Hall–Kier alpha value is -3.21. The summed E-state index contributed by atoms with van der Waals surface area (Å²) in [5, 5.41) is 7.27. The number of amides is 2. The second-order valence-electron chi connectivity index (χ2n) is 9.98. The van der Waals surface area contributed by atoms with E-state index in [1.165, 1.54) is 6.07 Å². The molecule has 0 radical (unpaired) electrons. The number of unbranched alkanes of at least 4 members (excludes halogenated alkanes) is 3. The van der Waals surface area contributed by atoms with Gasteiger partial charge in [0.2, 0.25) is 10.0 Å². The predicted molar refractivity (Wildman–Crippen MR) is 137 cm³/mol. The Balaban J connectivity index is 1.65. The zero-order valence-corrected chi connectivity index (χ0v) is 22.2. The number of hydrogen-bond acceptors (Lipinski definition) is 6. The van der Waals surface area contributed by atoms with Crippen LogP contribution in [0.25, 0.3) is 5.57 Å². The minimum Gasteiger partial charge on any atom is -0.493 e. The Morgan fingerprint density at radius 3 is 2.68 bits per heavy atom. The minimum absolute atomic E-state index is 0.0288. The first-order chi connectivity index (χ1) is 17.5. The Kier molecular flexibility index (Phi) is 7.72. The fraction of sp³-hybridized carbons (Fsp3) is 0.500. The highest BCUT2D eigenvalue weighted by Gasteiger charge is 2.42. The van der Waals surface area contributed by atoms with E-state index in [0.29, 0.717) is 18.1 Å². The number of halogens is 1. The van der Waals surface area contributed by atoms with Gasteiger partial charge in [-0.15, -0.1) is 0 Å². The normalized spacial score (nSPS) is 20.1. The lowest BCUT2D eigenvalue weighted by molar-refractivity contribution is -0.124. The molecule has 1 aromatic carbocycles. The summed E-state index contributed by atoms with van der Waals surface area (Å²) in [6, 6.07) is 6.47. The number of sulfonamides is 1. The average molecular weight is 533 g/mol. The topological polar surface area (TPSA) is 119 Å². The summed E-state index contributed by atoms with van der Waals surface area (Å²) >= 11 is 0. The van der Waals surface area contributed by atoms with Gasteiger partial charge in [0.15, 0.2) is 0 Å². The van der Waals surface area contributed by atoms with Gasteiger partial charge < -0.3 is 10.1 Å². The fourth-order valence-electron chi connectivity index (χ4n) is 4.57. The van der Waals surface area contributed by atoms with E-state index in [0.717, 1.165) is 44.8 Å². The van der Waals surface area contributed by atoms with Crippen LogP contribution in [0.4, 0.5) is 4.39 Å². The largest absolute Gasteiger partial charge is 0.493 e. The lowest BCUT2D eigenvalue weighted by atomic mass is 9.79.